The zero-order chi connectivity index (χ0) is 18.9. The maximum absolute atomic E-state index is 12.4. The monoisotopic (exact) mass is 363 g/mol. The quantitative estimate of drug-likeness (QED) is 0.458. The second-order valence-corrected chi connectivity index (χ2v) is 9.38. The Morgan fingerprint density at radius 1 is 1.15 bits per heavy atom. The summed E-state index contributed by atoms with van der Waals surface area (Å²) in [6.45, 7) is 11.8. The van der Waals surface area contributed by atoms with Gasteiger partial charge >= 0.3 is 0 Å². The number of ketones is 1. The van der Waals surface area contributed by atoms with E-state index in [0.717, 1.165) is 19.4 Å². The van der Waals surface area contributed by atoms with Crippen molar-refractivity contribution < 1.29 is 14.4 Å². The Balaban J connectivity index is 1.64. The normalized spacial score (nSPS) is 32.4. The summed E-state index contributed by atoms with van der Waals surface area (Å²) in [6.07, 6.45) is 11.4. The Bertz CT molecular complexity index is 552. The number of hydrogen-bond acceptors (Lipinski definition) is 4. The van der Waals surface area contributed by atoms with Crippen molar-refractivity contribution >= 4 is 5.78 Å². The van der Waals surface area contributed by atoms with Crippen LogP contribution in [0.1, 0.15) is 86.0 Å². The number of carbonyl (C=O) groups is 1. The summed E-state index contributed by atoms with van der Waals surface area (Å²) >= 11 is 0. The summed E-state index contributed by atoms with van der Waals surface area (Å²) in [4.78, 5) is 18.7. The molecular weight excluding hydrogens is 326 g/mol. The Morgan fingerprint density at radius 3 is 2.58 bits per heavy atom. The molecule has 3 aliphatic rings. The average Bonchev–Trinajstić information content (AvgIpc) is 3.10. The lowest BCUT2D eigenvalue weighted by atomic mass is 9.77. The molecule has 0 bridgehead atoms. The van der Waals surface area contributed by atoms with Crippen molar-refractivity contribution in [1.29, 1.82) is 0 Å². The SMILES string of the molecule is CCCCCCCCON1C(C)(C)C=C2C3C(=O)CCC3OC2C1(C)C. The van der Waals surface area contributed by atoms with Crippen LogP contribution in [0.2, 0.25) is 0 Å². The zero-order valence-corrected chi connectivity index (χ0v) is 17.3. The highest BCUT2D eigenvalue weighted by atomic mass is 16.7. The smallest absolute Gasteiger partial charge is 0.142 e. The third-order valence-electron chi connectivity index (χ3n) is 6.29. The van der Waals surface area contributed by atoms with Gasteiger partial charge in [0.15, 0.2) is 0 Å². The minimum atomic E-state index is -0.277. The van der Waals surface area contributed by atoms with Gasteiger partial charge in [0.2, 0.25) is 0 Å². The van der Waals surface area contributed by atoms with E-state index in [1.54, 1.807) is 0 Å². The van der Waals surface area contributed by atoms with Crippen molar-refractivity contribution in [3.8, 4) is 0 Å². The van der Waals surface area contributed by atoms with Gasteiger partial charge in [0.1, 0.15) is 5.78 Å². The second kappa shape index (κ2) is 7.73. The van der Waals surface area contributed by atoms with E-state index in [-0.39, 0.29) is 29.2 Å². The molecular formula is C22H37NO3. The van der Waals surface area contributed by atoms with Gasteiger partial charge in [-0.25, -0.2) is 0 Å². The van der Waals surface area contributed by atoms with Gasteiger partial charge in [-0.05, 0) is 46.1 Å². The number of ether oxygens (including phenoxy) is 1. The number of nitrogens with zero attached hydrogens (tertiary/aromatic N) is 1. The minimum Gasteiger partial charge on any atom is -0.367 e. The number of hydroxylamine groups is 2. The number of hydrogen-bond donors (Lipinski definition) is 0. The van der Waals surface area contributed by atoms with E-state index in [1.807, 2.05) is 0 Å². The van der Waals surface area contributed by atoms with Gasteiger partial charge < -0.3 is 4.74 Å². The molecule has 2 fully saturated rings. The Kier molecular flexibility index (Phi) is 5.96. The highest BCUT2D eigenvalue weighted by Gasteiger charge is 2.58. The molecule has 0 radical (unpaired) electrons. The van der Waals surface area contributed by atoms with Gasteiger partial charge in [0.05, 0.1) is 35.8 Å². The topological polar surface area (TPSA) is 38.8 Å². The maximum atomic E-state index is 12.4. The van der Waals surface area contributed by atoms with Crippen LogP contribution in [0.15, 0.2) is 11.6 Å². The first-order valence-corrected chi connectivity index (χ1v) is 10.6. The predicted octanol–water partition coefficient (Wildman–Crippen LogP) is 4.82. The number of Topliss-reactive ketones (excluding diaryl/α,β-unsaturated/α-hetero) is 1. The summed E-state index contributed by atoms with van der Waals surface area (Å²) in [7, 11) is 0. The number of carbonyl (C=O) groups excluding carboxylic acids is 1. The largest absolute Gasteiger partial charge is 0.367 e. The molecule has 2 aliphatic heterocycles. The Morgan fingerprint density at radius 2 is 1.85 bits per heavy atom. The van der Waals surface area contributed by atoms with Crippen molar-refractivity contribution in [2.75, 3.05) is 6.61 Å². The maximum Gasteiger partial charge on any atom is 0.142 e. The van der Waals surface area contributed by atoms with E-state index in [4.69, 9.17) is 9.57 Å². The number of rotatable bonds is 8. The lowest BCUT2D eigenvalue weighted by Crippen LogP contribution is -2.63. The van der Waals surface area contributed by atoms with Crippen molar-refractivity contribution in [3.63, 3.8) is 0 Å². The molecule has 2 heterocycles. The van der Waals surface area contributed by atoms with Gasteiger partial charge in [-0.3, -0.25) is 9.63 Å². The average molecular weight is 364 g/mol. The highest BCUT2D eigenvalue weighted by molar-refractivity contribution is 5.87. The number of fused-ring (bicyclic) bond motifs is 3. The van der Waals surface area contributed by atoms with E-state index in [2.05, 4.69) is 45.8 Å². The first-order valence-electron chi connectivity index (χ1n) is 10.6. The fourth-order valence-corrected chi connectivity index (χ4v) is 5.20. The summed E-state index contributed by atoms with van der Waals surface area (Å²) in [5, 5.41) is 2.13. The predicted molar refractivity (Wildman–Crippen MR) is 104 cm³/mol. The van der Waals surface area contributed by atoms with Crippen LogP contribution in [0.4, 0.5) is 0 Å². The van der Waals surface area contributed by atoms with E-state index in [9.17, 15) is 4.79 Å². The molecule has 1 saturated carbocycles. The minimum absolute atomic E-state index is 0.0146. The summed E-state index contributed by atoms with van der Waals surface area (Å²) in [6, 6.07) is 0. The molecule has 0 aromatic heterocycles. The third kappa shape index (κ3) is 3.65. The van der Waals surface area contributed by atoms with Crippen LogP contribution in [0, 0.1) is 5.92 Å². The lowest BCUT2D eigenvalue weighted by Gasteiger charge is -2.52. The van der Waals surface area contributed by atoms with Crippen molar-refractivity contribution in [2.24, 2.45) is 5.92 Å². The van der Waals surface area contributed by atoms with E-state index in [1.165, 1.54) is 37.7 Å². The van der Waals surface area contributed by atoms with Gasteiger partial charge in [-0.1, -0.05) is 45.1 Å². The van der Waals surface area contributed by atoms with Crippen molar-refractivity contribution in [2.45, 2.75) is 109 Å². The number of unbranched alkanes of at least 4 members (excludes halogenated alkanes) is 5. The molecule has 0 aromatic rings. The molecule has 4 nitrogen and oxygen atoms in total. The molecule has 3 rings (SSSR count). The van der Waals surface area contributed by atoms with Crippen molar-refractivity contribution in [3.05, 3.63) is 11.6 Å². The summed E-state index contributed by atoms with van der Waals surface area (Å²) in [5.41, 5.74) is 0.686. The molecule has 0 aromatic carbocycles. The van der Waals surface area contributed by atoms with Crippen LogP contribution in [0.3, 0.4) is 0 Å². The first-order chi connectivity index (χ1) is 12.3. The van der Waals surface area contributed by atoms with Crippen molar-refractivity contribution in [1.82, 2.24) is 5.06 Å². The molecule has 4 heteroatoms. The fraction of sp³-hybridized carbons (Fsp3) is 0.864. The highest BCUT2D eigenvalue weighted by Crippen LogP contribution is 2.50. The molecule has 3 unspecified atom stereocenters. The molecule has 0 N–H and O–H groups in total. The fourth-order valence-electron chi connectivity index (χ4n) is 5.20. The Hall–Kier alpha value is -0.710. The van der Waals surface area contributed by atoms with Gasteiger partial charge in [-0.15, -0.1) is 0 Å². The molecule has 26 heavy (non-hydrogen) atoms. The van der Waals surface area contributed by atoms with Crippen LogP contribution < -0.4 is 0 Å². The van der Waals surface area contributed by atoms with Gasteiger partial charge in [-0.2, -0.15) is 5.06 Å². The molecule has 1 saturated heterocycles. The molecule has 1 aliphatic carbocycles. The van der Waals surface area contributed by atoms with Crippen LogP contribution in [-0.2, 0) is 14.4 Å². The molecule has 0 amide bonds. The second-order valence-electron chi connectivity index (χ2n) is 9.38. The van der Waals surface area contributed by atoms with Gasteiger partial charge in [0, 0.05) is 6.42 Å². The summed E-state index contributed by atoms with van der Waals surface area (Å²) in [5.74, 6) is 0.344. The third-order valence-corrected chi connectivity index (χ3v) is 6.29. The Labute approximate surface area is 159 Å². The first kappa shape index (κ1) is 20.0. The summed E-state index contributed by atoms with van der Waals surface area (Å²) < 4.78 is 6.36. The molecule has 3 atom stereocenters. The van der Waals surface area contributed by atoms with Crippen LogP contribution in [0.5, 0.6) is 0 Å². The van der Waals surface area contributed by atoms with Crippen LogP contribution in [-0.4, -0.2) is 40.7 Å². The van der Waals surface area contributed by atoms with Crippen LogP contribution >= 0.6 is 0 Å². The van der Waals surface area contributed by atoms with Gasteiger partial charge in [0.25, 0.3) is 0 Å². The standard InChI is InChI=1S/C22H37NO3/c1-6-7-8-9-10-11-14-25-23-21(2,3)15-16-19-17(24)12-13-18(19)26-20(16)22(23,4)5/h15,18-20H,6-14H2,1-5H3. The van der Waals surface area contributed by atoms with E-state index < -0.39 is 0 Å². The van der Waals surface area contributed by atoms with E-state index >= 15 is 0 Å². The van der Waals surface area contributed by atoms with E-state index in [0.29, 0.717) is 12.2 Å². The molecule has 148 valence electrons. The molecule has 0 spiro atoms. The zero-order valence-electron chi connectivity index (χ0n) is 17.3. The lowest BCUT2D eigenvalue weighted by molar-refractivity contribution is -0.278. The van der Waals surface area contributed by atoms with Crippen LogP contribution in [0.25, 0.3) is 0 Å².